The van der Waals surface area contributed by atoms with Gasteiger partial charge in [0.15, 0.2) is 6.29 Å². The molecule has 7 nitrogen and oxygen atoms in total. The van der Waals surface area contributed by atoms with Crippen molar-refractivity contribution in [1.29, 1.82) is 0 Å². The fourth-order valence-electron chi connectivity index (χ4n) is 3.42. The van der Waals surface area contributed by atoms with Crippen LogP contribution in [0.5, 0.6) is 0 Å². The monoisotopic (exact) mass is 331 g/mol. The Morgan fingerprint density at radius 1 is 1.04 bits per heavy atom. The van der Waals surface area contributed by atoms with E-state index in [9.17, 15) is 15.0 Å². The van der Waals surface area contributed by atoms with Gasteiger partial charge in [-0.2, -0.15) is 0 Å². The Morgan fingerprint density at radius 2 is 1.74 bits per heavy atom. The molecule has 0 aromatic heterocycles. The van der Waals surface area contributed by atoms with E-state index in [4.69, 9.17) is 14.2 Å². The van der Waals surface area contributed by atoms with E-state index in [0.717, 1.165) is 25.7 Å². The molecule has 0 aromatic carbocycles. The molecule has 3 heterocycles. The van der Waals surface area contributed by atoms with Crippen LogP contribution in [0.1, 0.15) is 39.5 Å². The van der Waals surface area contributed by atoms with E-state index in [1.54, 1.807) is 0 Å². The molecule has 134 valence electrons. The number of hydrogen-bond donors (Lipinski definition) is 3. The van der Waals surface area contributed by atoms with Crippen LogP contribution < -0.4 is 5.32 Å². The number of carbonyl (C=O) groups excluding carboxylic acids is 1. The molecular formula is C16H29NO6. The Morgan fingerprint density at radius 3 is 2.48 bits per heavy atom. The third-order valence-corrected chi connectivity index (χ3v) is 4.73. The molecule has 3 N–H and O–H groups in total. The summed E-state index contributed by atoms with van der Waals surface area (Å²) in [6, 6.07) is 0. The molecule has 3 aliphatic heterocycles. The molecule has 2 bridgehead atoms. The van der Waals surface area contributed by atoms with Crippen molar-refractivity contribution in [1.82, 2.24) is 5.32 Å². The molecule has 5 unspecified atom stereocenters. The zero-order valence-electron chi connectivity index (χ0n) is 12.6. The number of hydrogen-bond acceptors (Lipinski definition) is 6. The summed E-state index contributed by atoms with van der Waals surface area (Å²) < 4.78 is 16.8. The third-order valence-electron chi connectivity index (χ3n) is 4.73. The lowest BCUT2D eigenvalue weighted by molar-refractivity contribution is -0.292. The average Bonchev–Trinajstić information content (AvgIpc) is 3.07. The number of fused-ring (bicyclic) bond motifs is 6. The average molecular weight is 331 g/mol. The van der Waals surface area contributed by atoms with Gasteiger partial charge in [-0.25, -0.2) is 0 Å². The first-order chi connectivity index (χ1) is 10.7. The van der Waals surface area contributed by atoms with Crippen molar-refractivity contribution >= 4 is 5.91 Å². The van der Waals surface area contributed by atoms with Gasteiger partial charge in [-0.15, -0.1) is 0 Å². The van der Waals surface area contributed by atoms with E-state index >= 15 is 0 Å². The summed E-state index contributed by atoms with van der Waals surface area (Å²) in [5.74, 6) is 0.119. The second-order valence-electron chi connectivity index (χ2n) is 6.31. The van der Waals surface area contributed by atoms with Crippen LogP contribution in [0.3, 0.4) is 0 Å². The van der Waals surface area contributed by atoms with Crippen LogP contribution >= 0.6 is 0 Å². The van der Waals surface area contributed by atoms with Crippen molar-refractivity contribution in [2.75, 3.05) is 19.8 Å². The maximum absolute atomic E-state index is 12.1. The molecule has 23 heavy (non-hydrogen) atoms. The SMILES string of the molecule is C.O=C(NCC1OC2OCCCOC1C(O)C2O)C1CCCC1. The van der Waals surface area contributed by atoms with E-state index in [0.29, 0.717) is 19.6 Å². The molecule has 4 fully saturated rings. The largest absolute Gasteiger partial charge is 0.387 e. The van der Waals surface area contributed by atoms with E-state index in [1.807, 2.05) is 0 Å². The van der Waals surface area contributed by atoms with Gasteiger partial charge in [0.2, 0.25) is 5.91 Å². The maximum Gasteiger partial charge on any atom is 0.223 e. The third kappa shape index (κ3) is 4.22. The topological polar surface area (TPSA) is 97.3 Å². The molecule has 0 aromatic rings. The van der Waals surface area contributed by atoms with E-state index in [1.165, 1.54) is 0 Å². The molecule has 0 radical (unpaired) electrons. The smallest absolute Gasteiger partial charge is 0.223 e. The summed E-state index contributed by atoms with van der Waals surface area (Å²) in [5.41, 5.74) is 0. The van der Waals surface area contributed by atoms with Crippen LogP contribution in [0.2, 0.25) is 0 Å². The van der Waals surface area contributed by atoms with Crippen LogP contribution in [0.25, 0.3) is 0 Å². The molecule has 1 amide bonds. The molecule has 4 rings (SSSR count). The standard InChI is InChI=1S/C15H25NO6.CH4/c17-11-12(18)15-21-7-3-6-20-13(11)10(22-15)8-16-14(19)9-4-1-2-5-9;/h9-13,15,17-18H,1-8H2,(H,16,19);1H4. The zero-order valence-corrected chi connectivity index (χ0v) is 12.6. The molecule has 3 saturated heterocycles. The van der Waals surface area contributed by atoms with Gasteiger partial charge in [0.05, 0.1) is 6.61 Å². The first-order valence-electron chi connectivity index (χ1n) is 8.19. The van der Waals surface area contributed by atoms with Crippen molar-refractivity contribution in [3.63, 3.8) is 0 Å². The summed E-state index contributed by atoms with van der Waals surface area (Å²) >= 11 is 0. The maximum atomic E-state index is 12.1. The quantitative estimate of drug-likeness (QED) is 0.683. The predicted octanol–water partition coefficient (Wildman–Crippen LogP) is 0.181. The van der Waals surface area contributed by atoms with Gasteiger partial charge in [-0.1, -0.05) is 20.3 Å². The molecule has 1 saturated carbocycles. The number of carbonyl (C=O) groups is 1. The number of aliphatic hydroxyl groups excluding tert-OH is 2. The minimum atomic E-state index is -1.13. The lowest BCUT2D eigenvalue weighted by Crippen LogP contribution is -2.61. The summed E-state index contributed by atoms with van der Waals surface area (Å²) in [6.07, 6.45) is 0.487. The van der Waals surface area contributed by atoms with Crippen molar-refractivity contribution in [2.45, 2.75) is 70.2 Å². The van der Waals surface area contributed by atoms with Gasteiger partial charge < -0.3 is 29.7 Å². The van der Waals surface area contributed by atoms with E-state index < -0.39 is 30.7 Å². The number of amides is 1. The second-order valence-corrected chi connectivity index (χ2v) is 6.31. The van der Waals surface area contributed by atoms with Gasteiger partial charge in [0.25, 0.3) is 0 Å². The predicted molar refractivity (Wildman–Crippen MR) is 82.7 cm³/mol. The fraction of sp³-hybridized carbons (Fsp3) is 0.938. The van der Waals surface area contributed by atoms with Crippen molar-refractivity contribution in [2.24, 2.45) is 5.92 Å². The number of aliphatic hydroxyl groups is 2. The number of ether oxygens (including phenoxy) is 3. The second kappa shape index (κ2) is 8.39. The van der Waals surface area contributed by atoms with Gasteiger partial charge in [-0.3, -0.25) is 4.79 Å². The van der Waals surface area contributed by atoms with Gasteiger partial charge in [-0.05, 0) is 19.3 Å². The summed E-state index contributed by atoms with van der Waals surface area (Å²) in [7, 11) is 0. The van der Waals surface area contributed by atoms with Crippen LogP contribution in [0.15, 0.2) is 0 Å². The minimum absolute atomic E-state index is 0. The fourth-order valence-corrected chi connectivity index (χ4v) is 3.42. The van der Waals surface area contributed by atoms with Gasteiger partial charge >= 0.3 is 0 Å². The number of rotatable bonds is 3. The Bertz CT molecular complexity index is 385. The lowest BCUT2D eigenvalue weighted by Gasteiger charge is -2.41. The Kier molecular flexibility index (Phi) is 6.79. The molecule has 0 spiro atoms. The zero-order chi connectivity index (χ0) is 15.5. The molecule has 4 aliphatic rings. The van der Waals surface area contributed by atoms with Crippen LogP contribution in [-0.4, -0.2) is 66.6 Å². The van der Waals surface area contributed by atoms with Gasteiger partial charge in [0.1, 0.15) is 24.4 Å². The minimum Gasteiger partial charge on any atom is -0.387 e. The van der Waals surface area contributed by atoms with E-state index in [-0.39, 0.29) is 25.8 Å². The Hall–Kier alpha value is -0.730. The lowest BCUT2D eigenvalue weighted by atomic mass is 9.98. The van der Waals surface area contributed by atoms with Crippen LogP contribution in [0.4, 0.5) is 0 Å². The van der Waals surface area contributed by atoms with Crippen LogP contribution in [0, 0.1) is 5.92 Å². The number of nitrogens with one attached hydrogen (secondary N) is 1. The summed E-state index contributed by atoms with van der Waals surface area (Å²) in [6.45, 7) is 1.09. The van der Waals surface area contributed by atoms with Crippen LogP contribution in [-0.2, 0) is 19.0 Å². The molecule has 7 heteroatoms. The Labute approximate surface area is 137 Å². The highest BCUT2D eigenvalue weighted by atomic mass is 16.7. The van der Waals surface area contributed by atoms with E-state index in [2.05, 4.69) is 5.32 Å². The van der Waals surface area contributed by atoms with Crippen molar-refractivity contribution in [3.05, 3.63) is 0 Å². The highest BCUT2D eigenvalue weighted by Gasteiger charge is 2.46. The van der Waals surface area contributed by atoms with Gasteiger partial charge in [0, 0.05) is 19.1 Å². The molecular weight excluding hydrogens is 302 g/mol. The summed E-state index contributed by atoms with van der Waals surface area (Å²) in [5, 5.41) is 23.1. The van der Waals surface area contributed by atoms with Crippen molar-refractivity contribution in [3.8, 4) is 0 Å². The Balaban J connectivity index is 0.00000192. The molecule has 1 aliphatic carbocycles. The van der Waals surface area contributed by atoms with Crippen molar-refractivity contribution < 1.29 is 29.2 Å². The summed E-state index contributed by atoms with van der Waals surface area (Å²) in [4.78, 5) is 12.1. The highest BCUT2D eigenvalue weighted by molar-refractivity contribution is 5.78. The molecule has 5 atom stereocenters. The first kappa shape index (κ1) is 18.6. The highest BCUT2D eigenvalue weighted by Crippen LogP contribution is 2.27. The first-order valence-corrected chi connectivity index (χ1v) is 8.19. The normalized spacial score (nSPS) is 38.3.